The van der Waals surface area contributed by atoms with E-state index in [4.69, 9.17) is 0 Å². The van der Waals surface area contributed by atoms with Crippen molar-refractivity contribution in [3.8, 4) is 0 Å². The van der Waals surface area contributed by atoms with E-state index in [-0.39, 0.29) is 6.54 Å². The molecule has 0 fully saturated rings. The molecule has 2 heterocycles. The molecule has 1 aliphatic heterocycles. The molecule has 0 spiro atoms. The first-order valence-electron chi connectivity index (χ1n) is 8.82. The van der Waals surface area contributed by atoms with E-state index in [0.717, 1.165) is 23.1 Å². The smallest absolute Gasteiger partial charge is 0.249 e. The quantitative estimate of drug-likeness (QED) is 0.703. The molecule has 0 radical (unpaired) electrons. The number of rotatable bonds is 6. The highest BCUT2D eigenvalue weighted by Crippen LogP contribution is 2.20. The number of nitrogens with one attached hydrogen (secondary N) is 1. The van der Waals surface area contributed by atoms with Crippen molar-refractivity contribution >= 4 is 10.2 Å². The Labute approximate surface area is 158 Å². The second-order valence-corrected chi connectivity index (χ2v) is 8.30. The molecule has 0 saturated carbocycles. The van der Waals surface area contributed by atoms with Gasteiger partial charge in [-0.25, -0.2) is 9.67 Å². The van der Waals surface area contributed by atoms with Gasteiger partial charge in [0.05, 0.1) is 6.54 Å². The minimum absolute atomic E-state index is 0.241. The summed E-state index contributed by atoms with van der Waals surface area (Å²) in [5.74, 6) is 0. The van der Waals surface area contributed by atoms with Gasteiger partial charge in [0.1, 0.15) is 12.7 Å². The standard InChI is InChI=1S/C19H21N5O2S/c25-27(26,24-10-9-16-5-1-3-8-19(16)13-24)22-11-17-6-2-4-7-18(17)12-23-15-20-14-21-23/h1-8,14-15,22H,9-13H2. The van der Waals surface area contributed by atoms with Crippen LogP contribution in [-0.2, 0) is 36.3 Å². The highest BCUT2D eigenvalue weighted by molar-refractivity contribution is 7.87. The molecule has 1 aliphatic rings. The van der Waals surface area contributed by atoms with E-state index in [2.05, 4.69) is 20.9 Å². The summed E-state index contributed by atoms with van der Waals surface area (Å²) in [6.45, 7) is 1.69. The molecular weight excluding hydrogens is 362 g/mol. The molecular formula is C19H21N5O2S. The fourth-order valence-electron chi connectivity index (χ4n) is 3.31. The molecule has 1 N–H and O–H groups in total. The van der Waals surface area contributed by atoms with Crippen LogP contribution < -0.4 is 4.72 Å². The molecule has 27 heavy (non-hydrogen) atoms. The lowest BCUT2D eigenvalue weighted by Crippen LogP contribution is -2.43. The van der Waals surface area contributed by atoms with Gasteiger partial charge in [-0.2, -0.15) is 22.5 Å². The van der Waals surface area contributed by atoms with E-state index in [0.29, 0.717) is 19.6 Å². The number of hydrogen-bond acceptors (Lipinski definition) is 4. The van der Waals surface area contributed by atoms with Crippen molar-refractivity contribution in [1.29, 1.82) is 0 Å². The summed E-state index contributed by atoms with van der Waals surface area (Å²) in [4.78, 5) is 3.95. The Bertz CT molecular complexity index is 1020. The van der Waals surface area contributed by atoms with Gasteiger partial charge < -0.3 is 0 Å². The molecule has 0 saturated heterocycles. The Morgan fingerprint density at radius 2 is 1.74 bits per heavy atom. The van der Waals surface area contributed by atoms with E-state index < -0.39 is 10.2 Å². The Morgan fingerprint density at radius 3 is 2.52 bits per heavy atom. The van der Waals surface area contributed by atoms with Crippen molar-refractivity contribution in [3.63, 3.8) is 0 Å². The molecule has 1 aromatic heterocycles. The third-order valence-corrected chi connectivity index (χ3v) is 6.30. The Hall–Kier alpha value is -2.55. The predicted octanol–water partition coefficient (Wildman–Crippen LogP) is 1.72. The topological polar surface area (TPSA) is 80.1 Å². The van der Waals surface area contributed by atoms with Crippen LogP contribution in [0.1, 0.15) is 22.3 Å². The number of aromatic nitrogens is 3. The van der Waals surface area contributed by atoms with Crippen molar-refractivity contribution < 1.29 is 8.42 Å². The van der Waals surface area contributed by atoms with Gasteiger partial charge in [0.25, 0.3) is 10.2 Å². The third kappa shape index (κ3) is 4.08. The number of fused-ring (bicyclic) bond motifs is 1. The lowest BCUT2D eigenvalue weighted by Gasteiger charge is -2.28. The SMILES string of the molecule is O=S(=O)(NCc1ccccc1Cn1cncn1)N1CCc2ccccc2C1. The number of nitrogens with zero attached hydrogens (tertiary/aromatic N) is 4. The van der Waals surface area contributed by atoms with E-state index in [1.165, 1.54) is 16.2 Å². The Kier molecular flexibility index (Phi) is 5.02. The molecule has 0 aliphatic carbocycles. The largest absolute Gasteiger partial charge is 0.280 e. The highest BCUT2D eigenvalue weighted by Gasteiger charge is 2.26. The second kappa shape index (κ2) is 7.59. The second-order valence-electron chi connectivity index (χ2n) is 6.54. The molecule has 8 heteroatoms. The molecule has 0 atom stereocenters. The van der Waals surface area contributed by atoms with Crippen molar-refractivity contribution in [2.75, 3.05) is 6.54 Å². The van der Waals surface area contributed by atoms with Crippen LogP contribution in [0.5, 0.6) is 0 Å². The average Bonchev–Trinajstić information content (AvgIpc) is 3.20. The van der Waals surface area contributed by atoms with E-state index in [1.54, 1.807) is 11.0 Å². The van der Waals surface area contributed by atoms with Crippen molar-refractivity contribution in [2.24, 2.45) is 0 Å². The Morgan fingerprint density at radius 1 is 1.00 bits per heavy atom. The minimum atomic E-state index is -3.55. The molecule has 0 bridgehead atoms. The molecule has 7 nitrogen and oxygen atoms in total. The zero-order valence-electron chi connectivity index (χ0n) is 14.8. The van der Waals surface area contributed by atoms with Crippen LogP contribution in [0.2, 0.25) is 0 Å². The maximum Gasteiger partial charge on any atom is 0.280 e. The van der Waals surface area contributed by atoms with Crippen LogP contribution in [0.3, 0.4) is 0 Å². The van der Waals surface area contributed by atoms with E-state index in [9.17, 15) is 8.42 Å². The summed E-state index contributed by atoms with van der Waals surface area (Å²) in [6.07, 6.45) is 3.87. The van der Waals surface area contributed by atoms with Crippen LogP contribution in [0.25, 0.3) is 0 Å². The van der Waals surface area contributed by atoms with E-state index in [1.807, 2.05) is 42.5 Å². The molecule has 4 rings (SSSR count). The van der Waals surface area contributed by atoms with Gasteiger partial charge in [-0.1, -0.05) is 48.5 Å². The minimum Gasteiger partial charge on any atom is -0.249 e. The van der Waals surface area contributed by atoms with Crippen LogP contribution >= 0.6 is 0 Å². The number of benzene rings is 2. The molecule has 0 unspecified atom stereocenters. The summed E-state index contributed by atoms with van der Waals surface area (Å²) in [6, 6.07) is 15.7. The molecule has 0 amide bonds. The zero-order chi connectivity index (χ0) is 18.7. The maximum atomic E-state index is 12.8. The first-order chi connectivity index (χ1) is 13.1. The van der Waals surface area contributed by atoms with Gasteiger partial charge >= 0.3 is 0 Å². The van der Waals surface area contributed by atoms with Crippen LogP contribution in [0, 0.1) is 0 Å². The molecule has 3 aromatic rings. The zero-order valence-corrected chi connectivity index (χ0v) is 15.6. The lowest BCUT2D eigenvalue weighted by atomic mass is 10.0. The highest BCUT2D eigenvalue weighted by atomic mass is 32.2. The Balaban J connectivity index is 1.46. The van der Waals surface area contributed by atoms with E-state index >= 15 is 0 Å². The normalized spacial score (nSPS) is 14.8. The fourth-order valence-corrected chi connectivity index (χ4v) is 4.47. The van der Waals surface area contributed by atoms with Crippen LogP contribution in [0.4, 0.5) is 0 Å². The van der Waals surface area contributed by atoms with Gasteiger partial charge in [0.15, 0.2) is 0 Å². The van der Waals surface area contributed by atoms with Crippen molar-refractivity contribution in [2.45, 2.75) is 26.1 Å². The van der Waals surface area contributed by atoms with Gasteiger partial charge in [-0.3, -0.25) is 0 Å². The predicted molar refractivity (Wildman–Crippen MR) is 102 cm³/mol. The van der Waals surface area contributed by atoms with Crippen molar-refractivity contribution in [3.05, 3.63) is 83.4 Å². The number of hydrogen-bond donors (Lipinski definition) is 1. The van der Waals surface area contributed by atoms with Crippen molar-refractivity contribution in [1.82, 2.24) is 23.8 Å². The van der Waals surface area contributed by atoms with Crippen LogP contribution in [0.15, 0.2) is 61.2 Å². The van der Waals surface area contributed by atoms with Gasteiger partial charge in [-0.15, -0.1) is 0 Å². The van der Waals surface area contributed by atoms with Gasteiger partial charge in [-0.05, 0) is 28.7 Å². The summed E-state index contributed by atoms with van der Waals surface area (Å²) < 4.78 is 31.5. The fraction of sp³-hybridized carbons (Fsp3) is 0.263. The van der Waals surface area contributed by atoms with Gasteiger partial charge in [0, 0.05) is 19.6 Å². The molecule has 2 aromatic carbocycles. The van der Waals surface area contributed by atoms with Gasteiger partial charge in [0.2, 0.25) is 0 Å². The summed E-state index contributed by atoms with van der Waals surface area (Å²) in [7, 11) is -3.55. The summed E-state index contributed by atoms with van der Waals surface area (Å²) in [5.41, 5.74) is 4.23. The van der Waals surface area contributed by atoms with Crippen LogP contribution in [-0.4, -0.2) is 34.0 Å². The first kappa shape index (κ1) is 17.8. The lowest BCUT2D eigenvalue weighted by molar-refractivity contribution is 0.383. The molecule has 140 valence electrons. The summed E-state index contributed by atoms with van der Waals surface area (Å²) in [5, 5.41) is 4.11. The first-order valence-corrected chi connectivity index (χ1v) is 10.3. The third-order valence-electron chi connectivity index (χ3n) is 4.80. The maximum absolute atomic E-state index is 12.8. The summed E-state index contributed by atoms with van der Waals surface area (Å²) >= 11 is 0. The monoisotopic (exact) mass is 383 g/mol. The average molecular weight is 383 g/mol.